The van der Waals surface area contributed by atoms with Crippen LogP contribution in [0.3, 0.4) is 0 Å². The number of aliphatic imine (C=N–C) groups is 1. The first-order chi connectivity index (χ1) is 16.1. The van der Waals surface area contributed by atoms with Crippen molar-refractivity contribution in [2.75, 3.05) is 13.3 Å². The van der Waals surface area contributed by atoms with Crippen molar-refractivity contribution in [3.8, 4) is 11.5 Å². The van der Waals surface area contributed by atoms with Gasteiger partial charge in [-0.15, -0.1) is 0 Å². The van der Waals surface area contributed by atoms with E-state index in [-0.39, 0.29) is 24.1 Å². The quantitative estimate of drug-likeness (QED) is 0.288. The third kappa shape index (κ3) is 4.67. The lowest BCUT2D eigenvalue weighted by atomic mass is 10.1. The molecule has 0 fully saturated rings. The smallest absolute Gasteiger partial charge is 0.286 e. The Morgan fingerprint density at radius 2 is 1.48 bits per heavy atom. The van der Waals surface area contributed by atoms with Gasteiger partial charge in [-0.2, -0.15) is 0 Å². The van der Waals surface area contributed by atoms with Crippen LogP contribution in [0.15, 0.2) is 89.9 Å². The summed E-state index contributed by atoms with van der Waals surface area (Å²) in [6.07, 6.45) is 0. The summed E-state index contributed by atoms with van der Waals surface area (Å²) < 4.78 is 45.4. The van der Waals surface area contributed by atoms with Gasteiger partial charge >= 0.3 is 0 Å². The molecule has 5 rings (SSSR count). The topological polar surface area (TPSA) is 40.0 Å². The molecule has 2 atom stereocenters. The van der Waals surface area contributed by atoms with Crippen LogP contribution in [-0.4, -0.2) is 19.2 Å². The summed E-state index contributed by atoms with van der Waals surface area (Å²) in [6, 6.07) is 24.8. The van der Waals surface area contributed by atoms with Gasteiger partial charge in [-0.3, -0.25) is 0 Å². The van der Waals surface area contributed by atoms with E-state index in [4.69, 9.17) is 13.8 Å². The fraction of sp³-hybridized carbons (Fsp3) is 0.115. The molecule has 0 aromatic heterocycles. The molecule has 4 aromatic rings. The Labute approximate surface area is 191 Å². The van der Waals surface area contributed by atoms with Gasteiger partial charge in [-0.1, -0.05) is 48.5 Å². The average molecular weight is 463 g/mol. The van der Waals surface area contributed by atoms with Crippen molar-refractivity contribution < 1.29 is 22.6 Å². The van der Waals surface area contributed by atoms with Crippen LogP contribution in [0.25, 0.3) is 10.8 Å². The van der Waals surface area contributed by atoms with Gasteiger partial charge < -0.3 is 13.8 Å². The van der Waals surface area contributed by atoms with Gasteiger partial charge in [-0.05, 0) is 52.7 Å². The van der Waals surface area contributed by atoms with Gasteiger partial charge in [0.2, 0.25) is 5.90 Å². The Bertz CT molecular complexity index is 1310. The Morgan fingerprint density at radius 3 is 2.24 bits per heavy atom. The van der Waals surface area contributed by atoms with Crippen molar-refractivity contribution in [3.05, 3.63) is 108 Å². The fourth-order valence-electron chi connectivity index (χ4n) is 3.67. The SMILES string of the molecule is CP(Oc1ccc(C2COC(c3c(F)cccc3F)=N2)cc1)Oc1ccc2ccccc2c1. The first-order valence-corrected chi connectivity index (χ1v) is 12.0. The second kappa shape index (κ2) is 9.16. The lowest BCUT2D eigenvalue weighted by Gasteiger charge is -2.16. The van der Waals surface area contributed by atoms with Crippen molar-refractivity contribution in [3.63, 3.8) is 0 Å². The predicted octanol–water partition coefficient (Wildman–Crippen LogP) is 7.04. The molecule has 7 heteroatoms. The van der Waals surface area contributed by atoms with E-state index in [0.717, 1.165) is 22.1 Å². The van der Waals surface area contributed by atoms with Gasteiger partial charge in [-0.25, -0.2) is 13.8 Å². The summed E-state index contributed by atoms with van der Waals surface area (Å²) in [4.78, 5) is 4.37. The van der Waals surface area contributed by atoms with Gasteiger partial charge in [0.05, 0.1) is 0 Å². The zero-order chi connectivity index (χ0) is 22.8. The second-order valence-corrected chi connectivity index (χ2v) is 8.80. The van der Waals surface area contributed by atoms with E-state index >= 15 is 0 Å². The molecule has 4 aromatic carbocycles. The Balaban J connectivity index is 1.24. The third-order valence-corrected chi connectivity index (χ3v) is 6.22. The molecule has 0 spiro atoms. The van der Waals surface area contributed by atoms with Crippen LogP contribution < -0.4 is 9.05 Å². The van der Waals surface area contributed by atoms with Crippen LogP contribution in [-0.2, 0) is 4.74 Å². The van der Waals surface area contributed by atoms with E-state index in [1.807, 2.05) is 67.3 Å². The monoisotopic (exact) mass is 463 g/mol. The molecular weight excluding hydrogens is 443 g/mol. The molecule has 1 heterocycles. The largest absolute Gasteiger partial charge is 0.475 e. The number of halogens is 2. The minimum atomic E-state index is -1.19. The maximum atomic E-state index is 14.0. The van der Waals surface area contributed by atoms with E-state index in [1.54, 1.807) is 0 Å². The van der Waals surface area contributed by atoms with Crippen molar-refractivity contribution in [1.29, 1.82) is 0 Å². The average Bonchev–Trinajstić information content (AvgIpc) is 3.29. The third-order valence-electron chi connectivity index (χ3n) is 5.28. The Morgan fingerprint density at radius 1 is 0.818 bits per heavy atom. The van der Waals surface area contributed by atoms with Crippen LogP contribution in [0.5, 0.6) is 11.5 Å². The predicted molar refractivity (Wildman–Crippen MR) is 126 cm³/mol. The van der Waals surface area contributed by atoms with Gasteiger partial charge in [0.1, 0.15) is 41.3 Å². The number of hydrogen-bond acceptors (Lipinski definition) is 4. The van der Waals surface area contributed by atoms with Crippen molar-refractivity contribution in [2.45, 2.75) is 6.04 Å². The van der Waals surface area contributed by atoms with Gasteiger partial charge in [0, 0.05) is 6.66 Å². The number of rotatable bonds is 6. The Hall–Kier alpha value is -3.50. The molecule has 1 aliphatic rings. The Kier molecular flexibility index (Phi) is 5.93. The fourth-order valence-corrected chi connectivity index (χ4v) is 4.54. The van der Waals surface area contributed by atoms with E-state index < -0.39 is 20.0 Å². The van der Waals surface area contributed by atoms with Crippen molar-refractivity contribution in [2.24, 2.45) is 4.99 Å². The standard InChI is InChI=1S/C26H20F2NO3P/c1-33(32-21-14-9-17-5-2-3-6-19(17)15-21)31-20-12-10-18(11-13-20)24-16-30-26(29-24)25-22(27)7-4-8-23(25)28/h2-15,24H,16H2,1H3. The lowest BCUT2D eigenvalue weighted by Crippen LogP contribution is -2.07. The molecule has 4 nitrogen and oxygen atoms in total. The summed E-state index contributed by atoms with van der Waals surface area (Å²) in [5.41, 5.74) is 0.632. The maximum absolute atomic E-state index is 14.0. The maximum Gasteiger partial charge on any atom is 0.286 e. The van der Waals surface area contributed by atoms with Gasteiger partial charge in [0.15, 0.2) is 0 Å². The molecule has 0 saturated heterocycles. The summed E-state index contributed by atoms with van der Waals surface area (Å²) in [5, 5.41) is 2.26. The molecule has 0 N–H and O–H groups in total. The molecular formula is C26H20F2NO3P. The minimum absolute atomic E-state index is 0.0169. The van der Waals surface area contributed by atoms with E-state index in [2.05, 4.69) is 11.1 Å². The normalized spacial score (nSPS) is 16.2. The molecule has 0 aliphatic carbocycles. The summed E-state index contributed by atoms with van der Waals surface area (Å²) in [7, 11) is -1.19. The minimum Gasteiger partial charge on any atom is -0.475 e. The molecule has 33 heavy (non-hydrogen) atoms. The highest BCUT2D eigenvalue weighted by atomic mass is 31.2. The van der Waals surface area contributed by atoms with Crippen LogP contribution in [0, 0.1) is 11.6 Å². The number of ether oxygens (including phenoxy) is 1. The van der Waals surface area contributed by atoms with Crippen molar-refractivity contribution >= 4 is 25.0 Å². The molecule has 1 aliphatic heterocycles. The molecule has 0 radical (unpaired) electrons. The van der Waals surface area contributed by atoms with Crippen LogP contribution in [0.1, 0.15) is 17.2 Å². The van der Waals surface area contributed by atoms with Crippen LogP contribution in [0.2, 0.25) is 0 Å². The summed E-state index contributed by atoms with van der Waals surface area (Å²) in [6.45, 7) is 2.11. The molecule has 2 unspecified atom stereocenters. The van der Waals surface area contributed by atoms with Gasteiger partial charge in [0.25, 0.3) is 8.38 Å². The molecule has 0 amide bonds. The van der Waals surface area contributed by atoms with E-state index in [0.29, 0.717) is 5.75 Å². The second-order valence-electron chi connectivity index (χ2n) is 7.56. The zero-order valence-electron chi connectivity index (χ0n) is 17.7. The highest BCUT2D eigenvalue weighted by Crippen LogP contribution is 2.38. The van der Waals surface area contributed by atoms with Crippen LogP contribution in [0.4, 0.5) is 8.78 Å². The lowest BCUT2D eigenvalue weighted by molar-refractivity contribution is 0.317. The van der Waals surface area contributed by atoms with E-state index in [1.165, 1.54) is 18.2 Å². The number of benzene rings is 4. The molecule has 0 bridgehead atoms. The zero-order valence-corrected chi connectivity index (χ0v) is 18.6. The summed E-state index contributed by atoms with van der Waals surface area (Å²) >= 11 is 0. The number of nitrogens with zero attached hydrogens (tertiary/aromatic N) is 1. The van der Waals surface area contributed by atoms with E-state index in [9.17, 15) is 8.78 Å². The number of fused-ring (bicyclic) bond motifs is 1. The highest BCUT2D eigenvalue weighted by Gasteiger charge is 2.26. The molecule has 166 valence electrons. The van der Waals surface area contributed by atoms with Crippen molar-refractivity contribution in [1.82, 2.24) is 0 Å². The number of hydrogen-bond donors (Lipinski definition) is 0. The first kappa shape index (κ1) is 21.4. The summed E-state index contributed by atoms with van der Waals surface area (Å²) in [5.74, 6) is 0.0132. The highest BCUT2D eigenvalue weighted by molar-refractivity contribution is 7.47. The molecule has 0 saturated carbocycles. The van der Waals surface area contributed by atoms with Crippen LogP contribution >= 0.6 is 8.38 Å². The first-order valence-electron chi connectivity index (χ1n) is 10.4.